The van der Waals surface area contributed by atoms with E-state index in [0.717, 1.165) is 17.7 Å². The Morgan fingerprint density at radius 3 is 2.26 bits per heavy atom. The molecule has 2 aromatic rings. The summed E-state index contributed by atoms with van der Waals surface area (Å²) in [4.78, 5) is 12.8. The van der Waals surface area contributed by atoms with Crippen LogP contribution in [0.25, 0.3) is 0 Å². The van der Waals surface area contributed by atoms with E-state index in [0.29, 0.717) is 24.3 Å². The molecule has 1 saturated heterocycles. The Morgan fingerprint density at radius 2 is 1.68 bits per heavy atom. The fourth-order valence-corrected chi connectivity index (χ4v) is 5.12. The van der Waals surface area contributed by atoms with E-state index in [9.17, 15) is 17.6 Å². The molecule has 7 nitrogen and oxygen atoms in total. The Hall–Kier alpha value is -2.65. The van der Waals surface area contributed by atoms with Crippen molar-refractivity contribution < 1.29 is 27.1 Å². The molecule has 0 spiro atoms. The average Bonchev–Trinajstić information content (AvgIpc) is 2.78. The molecule has 1 unspecified atom stereocenters. The van der Waals surface area contributed by atoms with Crippen molar-refractivity contribution in [2.24, 2.45) is 5.92 Å². The van der Waals surface area contributed by atoms with Crippen molar-refractivity contribution in [2.45, 2.75) is 30.7 Å². The van der Waals surface area contributed by atoms with E-state index in [1.54, 1.807) is 20.3 Å². The van der Waals surface area contributed by atoms with Gasteiger partial charge in [0.1, 0.15) is 5.82 Å². The summed E-state index contributed by atoms with van der Waals surface area (Å²) in [6, 6.07) is 10.0. The van der Waals surface area contributed by atoms with Crippen LogP contribution in [-0.2, 0) is 14.8 Å². The molecule has 0 radical (unpaired) electrons. The van der Waals surface area contributed by atoms with Crippen LogP contribution >= 0.6 is 0 Å². The van der Waals surface area contributed by atoms with E-state index in [1.807, 2.05) is 19.1 Å². The molecule has 1 amide bonds. The highest BCUT2D eigenvalue weighted by molar-refractivity contribution is 7.89. The summed E-state index contributed by atoms with van der Waals surface area (Å²) in [5.74, 6) is 0.321. The van der Waals surface area contributed by atoms with Gasteiger partial charge >= 0.3 is 0 Å². The minimum atomic E-state index is -3.70. The smallest absolute Gasteiger partial charge is 0.243 e. The van der Waals surface area contributed by atoms with Gasteiger partial charge in [0, 0.05) is 19.0 Å². The van der Waals surface area contributed by atoms with E-state index in [-0.39, 0.29) is 35.9 Å². The highest BCUT2D eigenvalue weighted by Crippen LogP contribution is 2.30. The lowest BCUT2D eigenvalue weighted by Gasteiger charge is -2.31. The first-order chi connectivity index (χ1) is 14.8. The van der Waals surface area contributed by atoms with Gasteiger partial charge in [0.25, 0.3) is 0 Å². The van der Waals surface area contributed by atoms with Gasteiger partial charge in [-0.15, -0.1) is 0 Å². The van der Waals surface area contributed by atoms with Gasteiger partial charge in [0.2, 0.25) is 15.9 Å². The number of amides is 1. The van der Waals surface area contributed by atoms with Crippen molar-refractivity contribution in [2.75, 3.05) is 27.3 Å². The predicted molar refractivity (Wildman–Crippen MR) is 114 cm³/mol. The van der Waals surface area contributed by atoms with Crippen molar-refractivity contribution in [3.05, 3.63) is 53.8 Å². The molecule has 0 aromatic heterocycles. The molecule has 0 aliphatic carbocycles. The largest absolute Gasteiger partial charge is 0.493 e. The van der Waals surface area contributed by atoms with E-state index >= 15 is 0 Å². The highest BCUT2D eigenvalue weighted by Gasteiger charge is 2.32. The minimum absolute atomic E-state index is 0.0545. The fourth-order valence-electron chi connectivity index (χ4n) is 3.65. The topological polar surface area (TPSA) is 84.9 Å². The number of carbonyl (C=O) groups excluding carboxylic acids is 1. The number of halogens is 1. The first-order valence-electron chi connectivity index (χ1n) is 10.0. The van der Waals surface area contributed by atoms with Crippen molar-refractivity contribution in [3.63, 3.8) is 0 Å². The molecule has 1 aliphatic heterocycles. The van der Waals surface area contributed by atoms with Gasteiger partial charge in [0.15, 0.2) is 11.5 Å². The molecule has 0 bridgehead atoms. The van der Waals surface area contributed by atoms with Crippen LogP contribution in [0.3, 0.4) is 0 Å². The number of benzene rings is 2. The number of nitrogens with zero attached hydrogens (tertiary/aromatic N) is 1. The second-order valence-corrected chi connectivity index (χ2v) is 9.41. The van der Waals surface area contributed by atoms with E-state index < -0.39 is 15.8 Å². The van der Waals surface area contributed by atoms with Crippen LogP contribution in [0.5, 0.6) is 11.5 Å². The molecule has 1 fully saturated rings. The second-order valence-electron chi connectivity index (χ2n) is 7.48. The van der Waals surface area contributed by atoms with Gasteiger partial charge in [0.05, 0.1) is 25.2 Å². The normalized spacial score (nSPS) is 16.5. The third kappa shape index (κ3) is 5.16. The van der Waals surface area contributed by atoms with Gasteiger partial charge in [-0.3, -0.25) is 4.79 Å². The molecular formula is C22H27FN2O5S. The van der Waals surface area contributed by atoms with Crippen LogP contribution in [0, 0.1) is 11.7 Å². The molecule has 1 N–H and O–H groups in total. The number of rotatable bonds is 7. The molecule has 1 atom stereocenters. The Kier molecular flexibility index (Phi) is 7.17. The zero-order chi connectivity index (χ0) is 22.6. The lowest BCUT2D eigenvalue weighted by molar-refractivity contribution is -0.126. The summed E-state index contributed by atoms with van der Waals surface area (Å²) in [6.45, 7) is 2.36. The Bertz CT molecular complexity index is 1020. The maximum absolute atomic E-state index is 13.1. The van der Waals surface area contributed by atoms with Gasteiger partial charge in [-0.2, -0.15) is 4.31 Å². The number of sulfonamides is 1. The molecule has 31 heavy (non-hydrogen) atoms. The van der Waals surface area contributed by atoms with Gasteiger partial charge < -0.3 is 14.8 Å². The Balaban J connectivity index is 1.59. The Labute approximate surface area is 182 Å². The van der Waals surface area contributed by atoms with Crippen molar-refractivity contribution in [1.82, 2.24) is 9.62 Å². The number of hydrogen-bond acceptors (Lipinski definition) is 5. The molecule has 9 heteroatoms. The van der Waals surface area contributed by atoms with Gasteiger partial charge in [-0.05, 0) is 61.7 Å². The average molecular weight is 451 g/mol. The molecule has 0 saturated carbocycles. The fraction of sp³-hybridized carbons (Fsp3) is 0.409. The quantitative estimate of drug-likeness (QED) is 0.701. The summed E-state index contributed by atoms with van der Waals surface area (Å²) < 4.78 is 50.5. The highest BCUT2D eigenvalue weighted by atomic mass is 32.2. The molecule has 168 valence electrons. The lowest BCUT2D eigenvalue weighted by atomic mass is 9.96. The van der Waals surface area contributed by atoms with Crippen LogP contribution in [0.15, 0.2) is 47.4 Å². The third-order valence-corrected chi connectivity index (χ3v) is 7.46. The second kappa shape index (κ2) is 9.65. The number of carbonyl (C=O) groups is 1. The number of ether oxygens (including phenoxy) is 2. The first-order valence-corrected chi connectivity index (χ1v) is 11.5. The Morgan fingerprint density at radius 1 is 1.06 bits per heavy atom. The van der Waals surface area contributed by atoms with E-state index in [1.165, 1.54) is 16.4 Å². The van der Waals surface area contributed by atoms with Crippen LogP contribution < -0.4 is 14.8 Å². The van der Waals surface area contributed by atoms with Gasteiger partial charge in [-0.1, -0.05) is 6.07 Å². The monoisotopic (exact) mass is 450 g/mol. The van der Waals surface area contributed by atoms with Crippen LogP contribution in [0.1, 0.15) is 31.4 Å². The minimum Gasteiger partial charge on any atom is -0.493 e. The lowest BCUT2D eigenvalue weighted by Crippen LogP contribution is -2.43. The zero-order valence-electron chi connectivity index (χ0n) is 17.8. The molecule has 1 aliphatic rings. The predicted octanol–water partition coefficient (Wildman–Crippen LogP) is 3.12. The summed E-state index contributed by atoms with van der Waals surface area (Å²) >= 11 is 0. The van der Waals surface area contributed by atoms with E-state index in [2.05, 4.69) is 5.32 Å². The molecule has 1 heterocycles. The van der Waals surface area contributed by atoms with Gasteiger partial charge in [-0.25, -0.2) is 12.8 Å². The number of methoxy groups -OCH3 is 2. The summed E-state index contributed by atoms with van der Waals surface area (Å²) in [7, 11) is -0.584. The summed E-state index contributed by atoms with van der Waals surface area (Å²) in [6.07, 6.45) is 0.843. The maximum Gasteiger partial charge on any atom is 0.243 e. The standard InChI is InChI=1S/C22H27FN2O5S/c1-15(17-4-9-20(29-2)21(14-17)30-3)24-22(26)16-10-12-25(13-11-16)31(27,28)19-7-5-18(23)6-8-19/h4-9,14-16H,10-13H2,1-3H3,(H,24,26). The molecule has 2 aromatic carbocycles. The number of hydrogen-bond donors (Lipinski definition) is 1. The third-order valence-electron chi connectivity index (χ3n) is 5.54. The SMILES string of the molecule is COc1ccc(C(C)NC(=O)C2CCN(S(=O)(=O)c3ccc(F)cc3)CC2)cc1OC. The zero-order valence-corrected chi connectivity index (χ0v) is 18.6. The van der Waals surface area contributed by atoms with Crippen LogP contribution in [0.4, 0.5) is 4.39 Å². The molecule has 3 rings (SSSR count). The maximum atomic E-state index is 13.1. The van der Waals surface area contributed by atoms with Crippen LogP contribution in [0.2, 0.25) is 0 Å². The van der Waals surface area contributed by atoms with E-state index in [4.69, 9.17) is 9.47 Å². The van der Waals surface area contributed by atoms with Crippen LogP contribution in [-0.4, -0.2) is 45.9 Å². The molecular weight excluding hydrogens is 423 g/mol. The number of nitrogens with one attached hydrogen (secondary N) is 1. The number of piperidine rings is 1. The van der Waals surface area contributed by atoms with Crippen molar-refractivity contribution in [3.8, 4) is 11.5 Å². The van der Waals surface area contributed by atoms with Crippen molar-refractivity contribution in [1.29, 1.82) is 0 Å². The summed E-state index contributed by atoms with van der Waals surface area (Å²) in [5, 5.41) is 3.00. The first kappa shape index (κ1) is 23.0. The summed E-state index contributed by atoms with van der Waals surface area (Å²) in [5.41, 5.74) is 0.877. The van der Waals surface area contributed by atoms with Crippen molar-refractivity contribution >= 4 is 15.9 Å².